The maximum atomic E-state index is 14.1. The number of H-pyrrole nitrogens is 1. The molecule has 0 unspecified atom stereocenters. The largest absolute Gasteiger partial charge is 0.323 e. The molecule has 4 aromatic rings. The molecular weight excluding hydrogens is 374 g/mol. The second-order valence-corrected chi connectivity index (χ2v) is 6.91. The van der Waals surface area contributed by atoms with Crippen molar-refractivity contribution in [2.45, 2.75) is 26.3 Å². The fourth-order valence-corrected chi connectivity index (χ4v) is 3.38. The van der Waals surface area contributed by atoms with Crippen LogP contribution in [-0.2, 0) is 6.54 Å². The molecule has 0 amide bonds. The summed E-state index contributed by atoms with van der Waals surface area (Å²) < 4.78 is 56.8. The molecule has 4 nitrogen and oxygen atoms in total. The molecule has 144 valence electrons. The second kappa shape index (κ2) is 6.47. The van der Waals surface area contributed by atoms with E-state index in [1.54, 1.807) is 4.57 Å². The average Bonchev–Trinajstić information content (AvgIpc) is 2.97. The van der Waals surface area contributed by atoms with Crippen LogP contribution < -0.4 is 5.56 Å². The van der Waals surface area contributed by atoms with Crippen LogP contribution in [0.15, 0.2) is 35.1 Å². The zero-order valence-electron chi connectivity index (χ0n) is 15.0. The Balaban J connectivity index is 1.98. The Kier molecular flexibility index (Phi) is 4.21. The first-order valence-corrected chi connectivity index (χ1v) is 8.61. The van der Waals surface area contributed by atoms with Gasteiger partial charge in [-0.25, -0.2) is 22.5 Å². The highest BCUT2D eigenvalue weighted by atomic mass is 19.2. The van der Waals surface area contributed by atoms with Crippen LogP contribution in [0.2, 0.25) is 0 Å². The lowest BCUT2D eigenvalue weighted by atomic mass is 10.1. The summed E-state index contributed by atoms with van der Waals surface area (Å²) in [5, 5.41) is 0.317. The number of aromatic nitrogens is 3. The quantitative estimate of drug-likeness (QED) is 0.521. The molecule has 2 aromatic carbocycles. The smallest absolute Gasteiger partial charge is 0.248 e. The molecule has 8 heteroatoms. The number of rotatable bonds is 3. The maximum Gasteiger partial charge on any atom is 0.248 e. The summed E-state index contributed by atoms with van der Waals surface area (Å²) in [6.07, 6.45) is 0. The molecule has 0 radical (unpaired) electrons. The summed E-state index contributed by atoms with van der Waals surface area (Å²) in [7, 11) is 0. The summed E-state index contributed by atoms with van der Waals surface area (Å²) in [5.74, 6) is -3.78. The second-order valence-electron chi connectivity index (χ2n) is 6.91. The van der Waals surface area contributed by atoms with Gasteiger partial charge in [-0.15, -0.1) is 0 Å². The number of hydrogen-bond acceptors (Lipinski definition) is 2. The van der Waals surface area contributed by atoms with Gasteiger partial charge in [0.25, 0.3) is 0 Å². The summed E-state index contributed by atoms with van der Waals surface area (Å²) >= 11 is 0. The first-order chi connectivity index (χ1) is 13.3. The maximum absolute atomic E-state index is 14.1. The number of aromatic amines is 1. The summed E-state index contributed by atoms with van der Waals surface area (Å²) in [6.45, 7) is 3.80. The highest BCUT2D eigenvalue weighted by Crippen LogP contribution is 2.27. The molecule has 0 aliphatic carbocycles. The summed E-state index contributed by atoms with van der Waals surface area (Å²) in [4.78, 5) is 18.7. The van der Waals surface area contributed by atoms with E-state index in [9.17, 15) is 22.4 Å². The third kappa shape index (κ3) is 2.85. The third-order valence-corrected chi connectivity index (χ3v) is 4.66. The van der Waals surface area contributed by atoms with Crippen LogP contribution in [0.1, 0.15) is 31.2 Å². The molecule has 2 heterocycles. The number of imidazole rings is 1. The van der Waals surface area contributed by atoms with Gasteiger partial charge < -0.3 is 9.55 Å². The predicted molar refractivity (Wildman–Crippen MR) is 97.3 cm³/mol. The lowest BCUT2D eigenvalue weighted by molar-refractivity contribution is 0.510. The standard InChI is InChI=1S/C20H15F4N3O/c1-9(2)20-25-15-6-13(22)14(23)7-16(15)27(20)8-10-5-17(28)26-19-11(10)3-4-12(21)18(19)24/h3-7,9H,8H2,1-2H3,(H,26,28). The van der Waals surface area contributed by atoms with E-state index < -0.39 is 28.8 Å². The van der Waals surface area contributed by atoms with Gasteiger partial charge in [-0.1, -0.05) is 13.8 Å². The van der Waals surface area contributed by atoms with Crippen molar-refractivity contribution in [1.29, 1.82) is 0 Å². The van der Waals surface area contributed by atoms with E-state index >= 15 is 0 Å². The van der Waals surface area contributed by atoms with E-state index in [1.165, 1.54) is 12.1 Å². The first kappa shape index (κ1) is 18.2. The number of nitrogens with zero attached hydrogens (tertiary/aromatic N) is 2. The van der Waals surface area contributed by atoms with Crippen LogP contribution in [0.3, 0.4) is 0 Å². The van der Waals surface area contributed by atoms with Crippen LogP contribution >= 0.6 is 0 Å². The number of fused-ring (bicyclic) bond motifs is 2. The lowest BCUT2D eigenvalue weighted by Gasteiger charge is -2.13. The molecule has 0 atom stereocenters. The summed E-state index contributed by atoms with van der Waals surface area (Å²) in [5.41, 5.74) is 0.186. The van der Waals surface area contributed by atoms with Crippen LogP contribution in [0, 0.1) is 23.3 Å². The molecule has 28 heavy (non-hydrogen) atoms. The lowest BCUT2D eigenvalue weighted by Crippen LogP contribution is -2.13. The molecule has 0 saturated carbocycles. The highest BCUT2D eigenvalue weighted by molar-refractivity contribution is 5.83. The Morgan fingerprint density at radius 3 is 2.46 bits per heavy atom. The minimum atomic E-state index is -1.15. The van der Waals surface area contributed by atoms with Crippen molar-refractivity contribution in [3.8, 4) is 0 Å². The van der Waals surface area contributed by atoms with Crippen LogP contribution in [0.5, 0.6) is 0 Å². The molecule has 0 saturated heterocycles. The van der Waals surface area contributed by atoms with Gasteiger partial charge in [0.1, 0.15) is 5.82 Å². The van der Waals surface area contributed by atoms with Gasteiger partial charge in [-0.3, -0.25) is 4.79 Å². The monoisotopic (exact) mass is 389 g/mol. The number of hydrogen-bond donors (Lipinski definition) is 1. The van der Waals surface area contributed by atoms with E-state index in [0.717, 1.165) is 18.2 Å². The Morgan fingerprint density at radius 1 is 1.04 bits per heavy atom. The summed E-state index contributed by atoms with van der Waals surface area (Å²) in [6, 6.07) is 5.67. The van der Waals surface area contributed by atoms with Crippen LogP contribution in [0.4, 0.5) is 17.6 Å². The molecular formula is C20H15F4N3O. The Morgan fingerprint density at radius 2 is 1.75 bits per heavy atom. The van der Waals surface area contributed by atoms with E-state index in [1.807, 2.05) is 13.8 Å². The molecule has 4 rings (SSSR count). The van der Waals surface area contributed by atoms with Gasteiger partial charge in [0, 0.05) is 29.5 Å². The van der Waals surface area contributed by atoms with Gasteiger partial charge in [0.05, 0.1) is 23.1 Å². The van der Waals surface area contributed by atoms with Crippen molar-refractivity contribution < 1.29 is 17.6 Å². The zero-order chi connectivity index (χ0) is 20.2. The van der Waals surface area contributed by atoms with Crippen molar-refractivity contribution >= 4 is 21.9 Å². The van der Waals surface area contributed by atoms with Crippen molar-refractivity contribution in [2.75, 3.05) is 0 Å². The van der Waals surface area contributed by atoms with Gasteiger partial charge in [0.2, 0.25) is 5.56 Å². The normalized spacial score (nSPS) is 11.8. The number of halogens is 4. The van der Waals surface area contributed by atoms with Gasteiger partial charge in [0.15, 0.2) is 23.3 Å². The predicted octanol–water partition coefficient (Wildman–Crippen LogP) is 4.61. The number of pyridine rings is 1. The van der Waals surface area contributed by atoms with Gasteiger partial charge >= 0.3 is 0 Å². The third-order valence-electron chi connectivity index (χ3n) is 4.66. The minimum Gasteiger partial charge on any atom is -0.323 e. The molecule has 0 spiro atoms. The van der Waals surface area contributed by atoms with Crippen LogP contribution in [-0.4, -0.2) is 14.5 Å². The Hall–Kier alpha value is -3.16. The van der Waals surface area contributed by atoms with E-state index in [0.29, 0.717) is 22.3 Å². The fourth-order valence-electron chi connectivity index (χ4n) is 3.38. The first-order valence-electron chi connectivity index (χ1n) is 8.61. The topological polar surface area (TPSA) is 50.7 Å². The molecule has 1 N–H and O–H groups in total. The van der Waals surface area contributed by atoms with Crippen molar-refractivity contribution in [3.05, 3.63) is 75.3 Å². The molecule has 0 bridgehead atoms. The average molecular weight is 389 g/mol. The molecule has 2 aromatic heterocycles. The Bertz CT molecular complexity index is 1290. The minimum absolute atomic E-state index is 0.0561. The molecule has 0 aliphatic rings. The van der Waals surface area contributed by atoms with Crippen molar-refractivity contribution in [2.24, 2.45) is 0 Å². The number of nitrogens with one attached hydrogen (secondary N) is 1. The van der Waals surface area contributed by atoms with Gasteiger partial charge in [-0.2, -0.15) is 0 Å². The van der Waals surface area contributed by atoms with Crippen LogP contribution in [0.25, 0.3) is 21.9 Å². The van der Waals surface area contributed by atoms with Crippen molar-refractivity contribution in [1.82, 2.24) is 14.5 Å². The van der Waals surface area contributed by atoms with Gasteiger partial charge in [-0.05, 0) is 17.7 Å². The SMILES string of the molecule is CC(C)c1nc2cc(F)c(F)cc2n1Cc1cc(=O)[nH]c2c(F)c(F)ccc12. The molecule has 0 aliphatic heterocycles. The number of benzene rings is 2. The highest BCUT2D eigenvalue weighted by Gasteiger charge is 2.19. The Labute approximate surface area is 156 Å². The molecule has 0 fully saturated rings. The van der Waals surface area contributed by atoms with Crippen molar-refractivity contribution in [3.63, 3.8) is 0 Å². The van der Waals surface area contributed by atoms with E-state index in [2.05, 4.69) is 9.97 Å². The zero-order valence-corrected chi connectivity index (χ0v) is 15.0. The van der Waals surface area contributed by atoms with E-state index in [4.69, 9.17) is 0 Å². The van der Waals surface area contributed by atoms with E-state index in [-0.39, 0.29) is 23.5 Å². The fraction of sp³-hybridized carbons (Fsp3) is 0.200.